The van der Waals surface area contributed by atoms with Gasteiger partial charge in [0.05, 0.1) is 12.7 Å². The van der Waals surface area contributed by atoms with Gasteiger partial charge in [-0.3, -0.25) is 0 Å². The lowest BCUT2D eigenvalue weighted by molar-refractivity contribution is -0.00233. The van der Waals surface area contributed by atoms with Crippen molar-refractivity contribution in [3.05, 3.63) is 0 Å². The van der Waals surface area contributed by atoms with Gasteiger partial charge in [-0.2, -0.15) is 0 Å². The third-order valence-electron chi connectivity index (χ3n) is 5.21. The van der Waals surface area contributed by atoms with Crippen LogP contribution in [0, 0.1) is 11.8 Å². The third-order valence-corrected chi connectivity index (χ3v) is 5.21. The molecule has 114 valence electrons. The zero-order valence-corrected chi connectivity index (χ0v) is 13.2. The molecule has 0 heterocycles. The lowest BCUT2D eigenvalue weighted by atomic mass is 9.80. The van der Waals surface area contributed by atoms with E-state index in [1.165, 1.54) is 19.3 Å². The van der Waals surface area contributed by atoms with Crippen molar-refractivity contribution < 1.29 is 9.84 Å². The van der Waals surface area contributed by atoms with Gasteiger partial charge in [0.1, 0.15) is 0 Å². The number of aliphatic hydroxyl groups excluding tert-OH is 1. The predicted molar refractivity (Wildman–Crippen MR) is 80.3 cm³/mol. The number of nitrogens with one attached hydrogen (secondary N) is 1. The van der Waals surface area contributed by atoms with Crippen molar-refractivity contribution in [1.29, 1.82) is 0 Å². The number of aliphatic hydroxyl groups is 1. The molecular formula is C16H33NO2. The highest BCUT2D eigenvalue weighted by Gasteiger charge is 2.26. The van der Waals surface area contributed by atoms with Crippen LogP contribution in [0.4, 0.5) is 0 Å². The molecule has 2 N–H and O–H groups in total. The van der Waals surface area contributed by atoms with Crippen molar-refractivity contribution in [3.8, 4) is 0 Å². The molecule has 3 nitrogen and oxygen atoms in total. The van der Waals surface area contributed by atoms with Crippen molar-refractivity contribution in [2.75, 3.05) is 20.3 Å². The van der Waals surface area contributed by atoms with Crippen LogP contribution in [-0.2, 0) is 4.74 Å². The fourth-order valence-electron chi connectivity index (χ4n) is 3.06. The van der Waals surface area contributed by atoms with Crippen LogP contribution in [0.15, 0.2) is 0 Å². The van der Waals surface area contributed by atoms with Crippen molar-refractivity contribution in [2.45, 2.75) is 70.9 Å². The van der Waals surface area contributed by atoms with Crippen molar-refractivity contribution in [1.82, 2.24) is 5.32 Å². The second-order valence-electron chi connectivity index (χ2n) is 6.41. The molecule has 0 saturated heterocycles. The summed E-state index contributed by atoms with van der Waals surface area (Å²) in [7, 11) is 1.94. The van der Waals surface area contributed by atoms with E-state index in [9.17, 15) is 5.11 Å². The van der Waals surface area contributed by atoms with Gasteiger partial charge in [0.25, 0.3) is 0 Å². The van der Waals surface area contributed by atoms with E-state index < -0.39 is 0 Å². The molecule has 0 aromatic heterocycles. The van der Waals surface area contributed by atoms with Crippen LogP contribution < -0.4 is 5.32 Å². The molecule has 1 aliphatic rings. The Labute approximate surface area is 119 Å². The lowest BCUT2D eigenvalue weighted by Crippen LogP contribution is -2.46. The standard InChI is InChI=1S/C16H33NO2/c1-5-16(12-18,17-4)9-6-10-19-15-8-7-13(2)14(3)11-15/h13-15,17-18H,5-12H2,1-4H3. The van der Waals surface area contributed by atoms with E-state index in [4.69, 9.17) is 4.74 Å². The molecule has 0 aliphatic heterocycles. The molecule has 1 saturated carbocycles. The Morgan fingerprint density at radius 3 is 2.53 bits per heavy atom. The summed E-state index contributed by atoms with van der Waals surface area (Å²) in [6.45, 7) is 7.85. The monoisotopic (exact) mass is 271 g/mol. The van der Waals surface area contributed by atoms with Crippen molar-refractivity contribution in [3.63, 3.8) is 0 Å². The number of likely N-dealkylation sites (N-methyl/N-ethyl adjacent to an activating group) is 1. The van der Waals surface area contributed by atoms with E-state index in [0.29, 0.717) is 6.10 Å². The average molecular weight is 271 g/mol. The molecule has 0 aromatic rings. The largest absolute Gasteiger partial charge is 0.394 e. The number of ether oxygens (including phenoxy) is 1. The highest BCUT2D eigenvalue weighted by atomic mass is 16.5. The molecule has 1 rings (SSSR count). The Balaban J connectivity index is 2.20. The molecular weight excluding hydrogens is 238 g/mol. The second-order valence-corrected chi connectivity index (χ2v) is 6.41. The van der Waals surface area contributed by atoms with Crippen LogP contribution in [0.5, 0.6) is 0 Å². The maximum atomic E-state index is 9.49. The van der Waals surface area contributed by atoms with Gasteiger partial charge in [0.2, 0.25) is 0 Å². The Kier molecular flexibility index (Phi) is 7.33. The molecule has 0 radical (unpaired) electrons. The van der Waals surface area contributed by atoms with Gasteiger partial charge in [0, 0.05) is 12.1 Å². The second kappa shape index (κ2) is 8.23. The van der Waals surface area contributed by atoms with Crippen LogP contribution in [0.1, 0.15) is 59.3 Å². The van der Waals surface area contributed by atoms with Gasteiger partial charge in [-0.05, 0) is 57.4 Å². The first-order chi connectivity index (χ1) is 9.06. The Hall–Kier alpha value is -0.120. The van der Waals surface area contributed by atoms with Gasteiger partial charge >= 0.3 is 0 Å². The average Bonchev–Trinajstić information content (AvgIpc) is 2.44. The van der Waals surface area contributed by atoms with Gasteiger partial charge in [0.15, 0.2) is 0 Å². The Bertz CT molecular complexity index is 233. The molecule has 4 atom stereocenters. The maximum Gasteiger partial charge on any atom is 0.0613 e. The van der Waals surface area contributed by atoms with E-state index in [0.717, 1.165) is 37.7 Å². The molecule has 0 bridgehead atoms. The van der Waals surface area contributed by atoms with Crippen LogP contribution >= 0.6 is 0 Å². The summed E-state index contributed by atoms with van der Waals surface area (Å²) in [5.74, 6) is 1.65. The number of hydrogen-bond donors (Lipinski definition) is 2. The van der Waals surface area contributed by atoms with Gasteiger partial charge < -0.3 is 15.2 Å². The van der Waals surface area contributed by atoms with Gasteiger partial charge in [-0.1, -0.05) is 20.8 Å². The minimum Gasteiger partial charge on any atom is -0.394 e. The quantitative estimate of drug-likeness (QED) is 0.667. The first-order valence-electron chi connectivity index (χ1n) is 7.98. The first kappa shape index (κ1) is 16.9. The highest BCUT2D eigenvalue weighted by Crippen LogP contribution is 2.31. The zero-order chi connectivity index (χ0) is 14.3. The smallest absolute Gasteiger partial charge is 0.0613 e. The summed E-state index contributed by atoms with van der Waals surface area (Å²) in [5.41, 5.74) is -0.113. The number of rotatable bonds is 8. The first-order valence-corrected chi connectivity index (χ1v) is 7.98. The van der Waals surface area contributed by atoms with Crippen molar-refractivity contribution in [2.24, 2.45) is 11.8 Å². The fourth-order valence-corrected chi connectivity index (χ4v) is 3.06. The molecule has 1 aliphatic carbocycles. The molecule has 1 fully saturated rings. The fraction of sp³-hybridized carbons (Fsp3) is 1.00. The summed E-state index contributed by atoms with van der Waals surface area (Å²) in [6, 6.07) is 0. The van der Waals surface area contributed by atoms with Crippen LogP contribution in [0.25, 0.3) is 0 Å². The zero-order valence-electron chi connectivity index (χ0n) is 13.2. The van der Waals surface area contributed by atoms with E-state index in [2.05, 4.69) is 26.1 Å². The Morgan fingerprint density at radius 2 is 2.00 bits per heavy atom. The van der Waals surface area contributed by atoms with E-state index in [1.54, 1.807) is 0 Å². The van der Waals surface area contributed by atoms with E-state index >= 15 is 0 Å². The number of hydrogen-bond acceptors (Lipinski definition) is 3. The highest BCUT2D eigenvalue weighted by molar-refractivity contribution is 4.84. The van der Waals surface area contributed by atoms with Gasteiger partial charge in [-0.15, -0.1) is 0 Å². The SMILES string of the molecule is CCC(CO)(CCCOC1CCC(C)C(C)C1)NC. The molecule has 0 amide bonds. The van der Waals surface area contributed by atoms with Crippen molar-refractivity contribution >= 4 is 0 Å². The van der Waals surface area contributed by atoms with Crippen LogP contribution in [-0.4, -0.2) is 37.0 Å². The third kappa shape index (κ3) is 5.05. The molecule has 4 unspecified atom stereocenters. The summed E-state index contributed by atoms with van der Waals surface area (Å²) in [4.78, 5) is 0. The molecule has 0 spiro atoms. The maximum absolute atomic E-state index is 9.49. The lowest BCUT2D eigenvalue weighted by Gasteiger charge is -2.33. The summed E-state index contributed by atoms with van der Waals surface area (Å²) >= 11 is 0. The Morgan fingerprint density at radius 1 is 1.26 bits per heavy atom. The van der Waals surface area contributed by atoms with E-state index in [1.807, 2.05) is 7.05 Å². The topological polar surface area (TPSA) is 41.5 Å². The summed E-state index contributed by atoms with van der Waals surface area (Å²) in [5, 5.41) is 12.7. The van der Waals surface area contributed by atoms with Crippen LogP contribution in [0.2, 0.25) is 0 Å². The summed E-state index contributed by atoms with van der Waals surface area (Å²) < 4.78 is 6.02. The minimum atomic E-state index is -0.113. The molecule has 19 heavy (non-hydrogen) atoms. The minimum absolute atomic E-state index is 0.113. The predicted octanol–water partition coefficient (Wildman–Crippen LogP) is 2.97. The molecule has 3 heteroatoms. The van der Waals surface area contributed by atoms with Gasteiger partial charge in [-0.25, -0.2) is 0 Å². The normalized spacial score (nSPS) is 31.1. The van der Waals surface area contributed by atoms with Crippen LogP contribution in [0.3, 0.4) is 0 Å². The van der Waals surface area contributed by atoms with E-state index in [-0.39, 0.29) is 12.1 Å². The molecule has 0 aromatic carbocycles. The summed E-state index contributed by atoms with van der Waals surface area (Å²) in [6.07, 6.45) is 7.16.